The Morgan fingerprint density at radius 3 is 2.50 bits per heavy atom. The molecule has 0 saturated carbocycles. The molecule has 1 amide bonds. The molecule has 138 valence electrons. The second kappa shape index (κ2) is 8.87. The van der Waals surface area contributed by atoms with E-state index in [-0.39, 0.29) is 10.8 Å². The molecule has 0 aliphatic rings. The summed E-state index contributed by atoms with van der Waals surface area (Å²) in [6.07, 6.45) is 0.520. The monoisotopic (exact) mass is 396 g/mol. The summed E-state index contributed by atoms with van der Waals surface area (Å²) in [6, 6.07) is 7.24. The molecule has 0 fully saturated rings. The summed E-state index contributed by atoms with van der Waals surface area (Å²) in [5, 5.41) is 3.09. The summed E-state index contributed by atoms with van der Waals surface area (Å²) in [7, 11) is 0. The largest absolute Gasteiger partial charge is 0.479 e. The van der Waals surface area contributed by atoms with Crippen LogP contribution in [0.25, 0.3) is 0 Å². The lowest BCUT2D eigenvalue weighted by atomic mass is 10.2. The number of carbonyl (C=O) groups excluding carboxylic acids is 2. The number of ether oxygens (including phenoxy) is 2. The number of nitrogens with zero attached hydrogens (tertiary/aromatic N) is 1. The van der Waals surface area contributed by atoms with E-state index < -0.39 is 24.6 Å². The van der Waals surface area contributed by atoms with Crippen LogP contribution in [0.3, 0.4) is 0 Å². The highest BCUT2D eigenvalue weighted by atomic mass is 35.5. The maximum atomic E-state index is 12.0. The summed E-state index contributed by atoms with van der Waals surface area (Å²) < 4.78 is 10.4. The number of nitrogens with one attached hydrogen (secondary N) is 1. The van der Waals surface area contributed by atoms with Gasteiger partial charge < -0.3 is 14.8 Å². The first kappa shape index (κ1) is 20.0. The standard InChI is InChI=1S/C18H18Cl2N2O4/c1-10-4-6-13(7-5-10)26-12(3)18(24)25-9-15(23)22-17-16(20)11(2)14(19)8-21-17/h4-8,12H,9H2,1-3H3,(H,21,22,23). The molecule has 1 aromatic heterocycles. The number of carbonyl (C=O) groups is 2. The van der Waals surface area contributed by atoms with Crippen LogP contribution in [-0.4, -0.2) is 29.6 Å². The van der Waals surface area contributed by atoms with E-state index in [9.17, 15) is 9.59 Å². The van der Waals surface area contributed by atoms with Crippen molar-refractivity contribution in [2.45, 2.75) is 26.9 Å². The van der Waals surface area contributed by atoms with Gasteiger partial charge in [0.25, 0.3) is 5.91 Å². The summed E-state index contributed by atoms with van der Waals surface area (Å²) in [4.78, 5) is 27.8. The third-order valence-corrected chi connectivity index (χ3v) is 4.32. The Bertz CT molecular complexity index is 810. The van der Waals surface area contributed by atoms with Crippen molar-refractivity contribution in [2.75, 3.05) is 11.9 Å². The summed E-state index contributed by atoms with van der Waals surface area (Å²) in [6.45, 7) is 4.71. The fourth-order valence-corrected chi connectivity index (χ4v) is 2.33. The van der Waals surface area contributed by atoms with Crippen molar-refractivity contribution in [1.29, 1.82) is 0 Å². The normalized spacial score (nSPS) is 11.6. The molecule has 0 radical (unpaired) electrons. The molecule has 6 nitrogen and oxygen atoms in total. The van der Waals surface area contributed by atoms with Crippen molar-refractivity contribution in [3.8, 4) is 5.75 Å². The van der Waals surface area contributed by atoms with Crippen LogP contribution in [0.15, 0.2) is 30.5 Å². The van der Waals surface area contributed by atoms with Crippen molar-refractivity contribution < 1.29 is 19.1 Å². The smallest absolute Gasteiger partial charge is 0.347 e. The molecular weight excluding hydrogens is 379 g/mol. The van der Waals surface area contributed by atoms with Gasteiger partial charge in [-0.25, -0.2) is 9.78 Å². The van der Waals surface area contributed by atoms with Crippen molar-refractivity contribution in [3.05, 3.63) is 51.6 Å². The van der Waals surface area contributed by atoms with Crippen molar-refractivity contribution >= 4 is 40.9 Å². The van der Waals surface area contributed by atoms with Gasteiger partial charge in [0.2, 0.25) is 0 Å². The van der Waals surface area contributed by atoms with Crippen LogP contribution in [0.2, 0.25) is 10.0 Å². The van der Waals surface area contributed by atoms with Crippen molar-refractivity contribution in [3.63, 3.8) is 0 Å². The van der Waals surface area contributed by atoms with Crippen LogP contribution in [0, 0.1) is 13.8 Å². The van der Waals surface area contributed by atoms with Gasteiger partial charge in [-0.1, -0.05) is 40.9 Å². The summed E-state index contributed by atoms with van der Waals surface area (Å²) in [5.74, 6) is -0.542. The van der Waals surface area contributed by atoms with Crippen molar-refractivity contribution in [2.24, 2.45) is 0 Å². The highest BCUT2D eigenvalue weighted by molar-refractivity contribution is 6.37. The Hall–Kier alpha value is -2.31. The van der Waals surface area contributed by atoms with E-state index >= 15 is 0 Å². The van der Waals surface area contributed by atoms with Gasteiger partial charge in [-0.15, -0.1) is 0 Å². The van der Waals surface area contributed by atoms with Crippen molar-refractivity contribution in [1.82, 2.24) is 4.98 Å². The first-order valence-corrected chi connectivity index (χ1v) is 8.54. The molecular formula is C18H18Cl2N2O4. The summed E-state index contributed by atoms with van der Waals surface area (Å²) in [5.41, 5.74) is 1.67. The summed E-state index contributed by atoms with van der Waals surface area (Å²) >= 11 is 12.0. The quantitative estimate of drug-likeness (QED) is 0.747. The zero-order chi connectivity index (χ0) is 19.3. The molecule has 1 unspecified atom stereocenters. The molecule has 0 saturated heterocycles. The lowest BCUT2D eigenvalue weighted by molar-refractivity contribution is -0.153. The molecule has 1 N–H and O–H groups in total. The van der Waals surface area contributed by atoms with Gasteiger partial charge in [0.15, 0.2) is 18.5 Å². The third kappa shape index (κ3) is 5.34. The van der Waals surface area contributed by atoms with Gasteiger partial charge in [-0.3, -0.25) is 4.79 Å². The van der Waals surface area contributed by atoms with Crippen LogP contribution >= 0.6 is 23.2 Å². The third-order valence-electron chi connectivity index (χ3n) is 3.47. The molecule has 0 spiro atoms. The lowest BCUT2D eigenvalue weighted by Gasteiger charge is -2.14. The minimum Gasteiger partial charge on any atom is -0.479 e. The molecule has 0 aliphatic heterocycles. The molecule has 0 aliphatic carbocycles. The fraction of sp³-hybridized carbons (Fsp3) is 0.278. The van der Waals surface area contributed by atoms with E-state index in [0.717, 1.165) is 5.56 Å². The SMILES string of the molecule is Cc1ccc(OC(C)C(=O)OCC(=O)Nc2ncc(Cl)c(C)c2Cl)cc1. The number of benzene rings is 1. The first-order valence-electron chi connectivity index (χ1n) is 7.78. The minimum absolute atomic E-state index is 0.151. The Balaban J connectivity index is 1.85. The second-order valence-corrected chi connectivity index (χ2v) is 6.41. The number of rotatable bonds is 6. The lowest BCUT2D eigenvalue weighted by Crippen LogP contribution is -2.30. The van der Waals surface area contributed by atoms with Crippen LogP contribution < -0.4 is 10.1 Å². The molecule has 2 rings (SSSR count). The Kier molecular flexibility index (Phi) is 6.83. The zero-order valence-electron chi connectivity index (χ0n) is 14.5. The van der Waals surface area contributed by atoms with E-state index in [1.54, 1.807) is 26.0 Å². The number of aryl methyl sites for hydroxylation is 1. The van der Waals surface area contributed by atoms with Crippen LogP contribution in [0.4, 0.5) is 5.82 Å². The Morgan fingerprint density at radius 1 is 1.19 bits per heavy atom. The number of halogens is 2. The minimum atomic E-state index is -0.856. The highest BCUT2D eigenvalue weighted by Crippen LogP contribution is 2.28. The molecule has 1 aromatic carbocycles. The van der Waals surface area contributed by atoms with Crippen LogP contribution in [-0.2, 0) is 14.3 Å². The van der Waals surface area contributed by atoms with E-state index in [2.05, 4.69) is 10.3 Å². The van der Waals surface area contributed by atoms with Crippen LogP contribution in [0.5, 0.6) is 5.75 Å². The molecule has 1 heterocycles. The van der Waals surface area contributed by atoms with Gasteiger partial charge in [-0.05, 0) is 38.5 Å². The number of esters is 1. The zero-order valence-corrected chi connectivity index (χ0v) is 16.0. The first-order chi connectivity index (χ1) is 12.3. The van der Waals surface area contributed by atoms with Gasteiger partial charge in [0.05, 0.1) is 10.0 Å². The number of hydrogen-bond acceptors (Lipinski definition) is 5. The molecule has 0 bridgehead atoms. The predicted octanol–water partition coefficient (Wildman–Crippen LogP) is 3.95. The fourth-order valence-electron chi connectivity index (χ4n) is 1.94. The molecule has 8 heteroatoms. The second-order valence-electron chi connectivity index (χ2n) is 5.62. The van der Waals surface area contributed by atoms with Gasteiger partial charge in [0, 0.05) is 6.20 Å². The molecule has 2 aromatic rings. The Morgan fingerprint density at radius 2 is 1.85 bits per heavy atom. The molecule has 1 atom stereocenters. The average molecular weight is 397 g/mol. The maximum absolute atomic E-state index is 12.0. The van der Waals surface area contributed by atoms with Gasteiger partial charge in [-0.2, -0.15) is 0 Å². The number of hydrogen-bond donors (Lipinski definition) is 1. The number of aromatic nitrogens is 1. The molecule has 26 heavy (non-hydrogen) atoms. The van der Waals surface area contributed by atoms with E-state index in [1.165, 1.54) is 6.20 Å². The highest BCUT2D eigenvalue weighted by Gasteiger charge is 2.19. The maximum Gasteiger partial charge on any atom is 0.347 e. The predicted molar refractivity (Wildman–Crippen MR) is 99.9 cm³/mol. The average Bonchev–Trinajstić information content (AvgIpc) is 2.62. The van der Waals surface area contributed by atoms with E-state index in [0.29, 0.717) is 16.3 Å². The number of pyridine rings is 1. The van der Waals surface area contributed by atoms with E-state index in [1.807, 2.05) is 19.1 Å². The number of anilines is 1. The van der Waals surface area contributed by atoms with Crippen LogP contribution in [0.1, 0.15) is 18.1 Å². The Labute approximate surface area is 161 Å². The van der Waals surface area contributed by atoms with Gasteiger partial charge >= 0.3 is 5.97 Å². The van der Waals surface area contributed by atoms with E-state index in [4.69, 9.17) is 32.7 Å². The van der Waals surface area contributed by atoms with Gasteiger partial charge in [0.1, 0.15) is 5.75 Å². The number of amides is 1. The topological polar surface area (TPSA) is 77.5 Å².